The van der Waals surface area contributed by atoms with Crippen LogP contribution in [0.5, 0.6) is 0 Å². The van der Waals surface area contributed by atoms with Crippen LogP contribution in [0.1, 0.15) is 18.4 Å². The molecule has 2 rings (SSSR count). The Hall–Kier alpha value is -0.470. The van der Waals surface area contributed by atoms with Crippen molar-refractivity contribution >= 4 is 26.0 Å². The van der Waals surface area contributed by atoms with E-state index in [4.69, 9.17) is 10.5 Å². The largest absolute Gasteiger partial charge is 0.381 e. The molecule has 1 aliphatic heterocycles. The third-order valence-electron chi connectivity index (χ3n) is 3.69. The highest BCUT2D eigenvalue weighted by atomic mass is 79.9. The quantitative estimate of drug-likeness (QED) is 0.852. The Balaban J connectivity index is 2.20. The molecule has 0 radical (unpaired) electrons. The first-order valence-electron chi connectivity index (χ1n) is 6.97. The molecule has 1 heterocycles. The van der Waals surface area contributed by atoms with Crippen molar-refractivity contribution in [3.63, 3.8) is 0 Å². The van der Waals surface area contributed by atoms with Crippen LogP contribution in [0.15, 0.2) is 27.6 Å². The van der Waals surface area contributed by atoms with Crippen LogP contribution in [0.25, 0.3) is 0 Å². The summed E-state index contributed by atoms with van der Waals surface area (Å²) < 4.78 is 32.8. The predicted molar refractivity (Wildman–Crippen MR) is 85.4 cm³/mol. The molecule has 7 heteroatoms. The van der Waals surface area contributed by atoms with E-state index in [-0.39, 0.29) is 10.8 Å². The lowest BCUT2D eigenvalue weighted by Gasteiger charge is -2.27. The van der Waals surface area contributed by atoms with Crippen LogP contribution in [-0.2, 0) is 21.3 Å². The number of halogens is 1. The van der Waals surface area contributed by atoms with Crippen molar-refractivity contribution in [3.05, 3.63) is 28.2 Å². The minimum Gasteiger partial charge on any atom is -0.381 e. The van der Waals surface area contributed by atoms with Gasteiger partial charge in [0.1, 0.15) is 0 Å². The van der Waals surface area contributed by atoms with Crippen LogP contribution in [0, 0.1) is 5.92 Å². The molecule has 0 aliphatic carbocycles. The first-order valence-corrected chi connectivity index (χ1v) is 9.21. The average molecular weight is 377 g/mol. The van der Waals surface area contributed by atoms with Gasteiger partial charge < -0.3 is 10.5 Å². The predicted octanol–water partition coefficient (Wildman–Crippen LogP) is 1.95. The van der Waals surface area contributed by atoms with Gasteiger partial charge in [-0.05, 0) is 52.4 Å². The van der Waals surface area contributed by atoms with Crippen molar-refractivity contribution in [2.24, 2.45) is 11.7 Å². The van der Waals surface area contributed by atoms with E-state index in [1.807, 2.05) is 6.07 Å². The topological polar surface area (TPSA) is 72.6 Å². The van der Waals surface area contributed by atoms with Gasteiger partial charge in [-0.1, -0.05) is 6.07 Å². The second-order valence-electron chi connectivity index (χ2n) is 5.34. The summed E-state index contributed by atoms with van der Waals surface area (Å²) in [6.45, 7) is 2.19. The Morgan fingerprint density at radius 3 is 2.86 bits per heavy atom. The summed E-state index contributed by atoms with van der Waals surface area (Å²) >= 11 is 3.32. The van der Waals surface area contributed by atoms with E-state index in [9.17, 15) is 8.42 Å². The molecule has 0 amide bonds. The van der Waals surface area contributed by atoms with Gasteiger partial charge in [-0.15, -0.1) is 0 Å². The van der Waals surface area contributed by atoms with Crippen LogP contribution in [0.3, 0.4) is 0 Å². The molecule has 0 aromatic heterocycles. The molecule has 0 bridgehead atoms. The summed E-state index contributed by atoms with van der Waals surface area (Å²) in [4.78, 5) is 0.268. The molecular weight excluding hydrogens is 356 g/mol. The van der Waals surface area contributed by atoms with Crippen molar-refractivity contribution in [1.29, 1.82) is 0 Å². The Morgan fingerprint density at radius 2 is 2.24 bits per heavy atom. The first-order chi connectivity index (χ1) is 9.95. The lowest BCUT2D eigenvalue weighted by atomic mass is 10.0. The first kappa shape index (κ1) is 16.9. The molecule has 0 spiro atoms. The Bertz CT molecular complexity index is 586. The van der Waals surface area contributed by atoms with Crippen LogP contribution in [0.4, 0.5) is 0 Å². The second kappa shape index (κ2) is 7.19. The highest BCUT2D eigenvalue weighted by molar-refractivity contribution is 9.10. The van der Waals surface area contributed by atoms with Gasteiger partial charge in [-0.2, -0.15) is 0 Å². The third kappa shape index (κ3) is 4.04. The zero-order valence-corrected chi connectivity index (χ0v) is 14.5. The summed E-state index contributed by atoms with van der Waals surface area (Å²) in [7, 11) is -1.91. The van der Waals surface area contributed by atoms with E-state index < -0.39 is 10.0 Å². The molecule has 1 atom stereocenters. The maximum atomic E-state index is 12.7. The number of nitrogens with zero attached hydrogens (tertiary/aromatic N) is 1. The molecule has 21 heavy (non-hydrogen) atoms. The maximum Gasteiger partial charge on any atom is 0.243 e. The minimum atomic E-state index is -3.53. The Morgan fingerprint density at radius 1 is 1.48 bits per heavy atom. The van der Waals surface area contributed by atoms with E-state index in [0.717, 1.165) is 25.0 Å². The molecule has 1 aromatic carbocycles. The SMILES string of the molecule is CN(CC1CCCOC1)S(=O)(=O)c1cc(CN)ccc1Br. The molecule has 1 aliphatic rings. The van der Waals surface area contributed by atoms with Crippen molar-refractivity contribution in [2.45, 2.75) is 24.3 Å². The monoisotopic (exact) mass is 376 g/mol. The fraction of sp³-hybridized carbons (Fsp3) is 0.571. The molecule has 1 saturated heterocycles. The van der Waals surface area contributed by atoms with E-state index in [1.54, 1.807) is 19.2 Å². The zero-order chi connectivity index (χ0) is 15.5. The average Bonchev–Trinajstić information content (AvgIpc) is 2.48. The maximum absolute atomic E-state index is 12.7. The summed E-state index contributed by atoms with van der Waals surface area (Å²) in [5.74, 6) is 0.259. The van der Waals surface area contributed by atoms with Crippen LogP contribution >= 0.6 is 15.9 Å². The highest BCUT2D eigenvalue weighted by Gasteiger charge is 2.27. The molecule has 0 saturated carbocycles. The van der Waals surface area contributed by atoms with Gasteiger partial charge in [0.2, 0.25) is 10.0 Å². The smallest absolute Gasteiger partial charge is 0.243 e. The van der Waals surface area contributed by atoms with Crippen LogP contribution in [0.2, 0.25) is 0 Å². The molecule has 1 aromatic rings. The number of nitrogens with two attached hydrogens (primary N) is 1. The number of hydrogen-bond donors (Lipinski definition) is 1. The van der Waals surface area contributed by atoms with Crippen LogP contribution < -0.4 is 5.73 Å². The molecule has 2 N–H and O–H groups in total. The van der Waals surface area contributed by atoms with Gasteiger partial charge in [0.05, 0.1) is 11.5 Å². The van der Waals surface area contributed by atoms with Gasteiger partial charge >= 0.3 is 0 Å². The molecular formula is C14H21BrN2O3S. The van der Waals surface area contributed by atoms with Gasteiger partial charge in [0.15, 0.2) is 0 Å². The minimum absolute atomic E-state index is 0.259. The molecule has 1 fully saturated rings. The molecule has 1 unspecified atom stereocenters. The molecule has 118 valence electrons. The van der Waals surface area contributed by atoms with E-state index in [2.05, 4.69) is 15.9 Å². The standard InChI is InChI=1S/C14H21BrN2O3S/c1-17(9-12-3-2-6-20-10-12)21(18,19)14-7-11(8-16)4-5-13(14)15/h4-5,7,12H,2-3,6,8-10,16H2,1H3. The Kier molecular flexibility index (Phi) is 5.79. The fourth-order valence-electron chi connectivity index (χ4n) is 2.45. The number of ether oxygens (including phenoxy) is 1. The highest BCUT2D eigenvalue weighted by Crippen LogP contribution is 2.27. The van der Waals surface area contributed by atoms with E-state index >= 15 is 0 Å². The number of rotatable bonds is 5. The van der Waals surface area contributed by atoms with Crippen LogP contribution in [-0.4, -0.2) is 39.5 Å². The lowest BCUT2D eigenvalue weighted by Crippen LogP contribution is -2.35. The summed E-state index contributed by atoms with van der Waals surface area (Å²) in [6.07, 6.45) is 1.99. The van der Waals surface area contributed by atoms with Crippen molar-refractivity contribution in [3.8, 4) is 0 Å². The zero-order valence-electron chi connectivity index (χ0n) is 12.1. The second-order valence-corrected chi connectivity index (χ2v) is 8.21. The third-order valence-corrected chi connectivity index (χ3v) is 6.51. The lowest BCUT2D eigenvalue weighted by molar-refractivity contribution is 0.0495. The normalized spacial score (nSPS) is 19.9. The van der Waals surface area contributed by atoms with E-state index in [0.29, 0.717) is 24.2 Å². The number of sulfonamides is 1. The van der Waals surface area contributed by atoms with Crippen molar-refractivity contribution < 1.29 is 13.2 Å². The Labute approximate surface area is 134 Å². The van der Waals surface area contributed by atoms with Gasteiger partial charge in [0, 0.05) is 31.2 Å². The fourth-order valence-corrected chi connectivity index (χ4v) is 4.67. The van der Waals surface area contributed by atoms with Gasteiger partial charge in [-0.3, -0.25) is 0 Å². The summed E-state index contributed by atoms with van der Waals surface area (Å²) in [5, 5.41) is 0. The van der Waals surface area contributed by atoms with E-state index in [1.165, 1.54) is 4.31 Å². The van der Waals surface area contributed by atoms with Crippen molar-refractivity contribution in [1.82, 2.24) is 4.31 Å². The molecule has 5 nitrogen and oxygen atoms in total. The van der Waals surface area contributed by atoms with Crippen molar-refractivity contribution in [2.75, 3.05) is 26.8 Å². The number of benzene rings is 1. The summed E-state index contributed by atoms with van der Waals surface area (Å²) in [6, 6.07) is 5.18. The van der Waals surface area contributed by atoms with Gasteiger partial charge in [0.25, 0.3) is 0 Å². The number of hydrogen-bond acceptors (Lipinski definition) is 4. The van der Waals surface area contributed by atoms with Gasteiger partial charge in [-0.25, -0.2) is 12.7 Å². The summed E-state index contributed by atoms with van der Waals surface area (Å²) in [5.41, 5.74) is 6.39.